The van der Waals surface area contributed by atoms with Gasteiger partial charge in [0.1, 0.15) is 6.23 Å². The Morgan fingerprint density at radius 1 is 1.27 bits per heavy atom. The maximum atomic E-state index is 5.86. The largest absolute Gasteiger partial charge is 0.363 e. The van der Waals surface area contributed by atoms with Gasteiger partial charge in [0.2, 0.25) is 0 Å². The Balaban J connectivity index is 1.71. The zero-order valence-electron chi connectivity index (χ0n) is 10.0. The van der Waals surface area contributed by atoms with E-state index in [2.05, 4.69) is 24.5 Å². The molecule has 2 aliphatic rings. The molecule has 0 aliphatic carbocycles. The first kappa shape index (κ1) is 11.4. The molecule has 2 fully saturated rings. The van der Waals surface area contributed by atoms with Gasteiger partial charge in [-0.05, 0) is 38.3 Å². The highest BCUT2D eigenvalue weighted by Crippen LogP contribution is 2.24. The SMILES string of the molecule is CC1(C)CNC(CC2CCNCC2)OC1. The van der Waals surface area contributed by atoms with Crippen molar-refractivity contribution in [3.8, 4) is 0 Å². The third-order valence-corrected chi connectivity index (χ3v) is 3.49. The third-order valence-electron chi connectivity index (χ3n) is 3.49. The van der Waals surface area contributed by atoms with Crippen molar-refractivity contribution in [2.75, 3.05) is 26.2 Å². The molecule has 2 heterocycles. The highest BCUT2D eigenvalue weighted by Gasteiger charge is 2.28. The number of hydrogen-bond donors (Lipinski definition) is 2. The Morgan fingerprint density at radius 3 is 2.60 bits per heavy atom. The number of nitrogens with one attached hydrogen (secondary N) is 2. The highest BCUT2D eigenvalue weighted by atomic mass is 16.5. The first-order chi connectivity index (χ1) is 7.16. The van der Waals surface area contributed by atoms with Gasteiger partial charge < -0.3 is 10.1 Å². The lowest BCUT2D eigenvalue weighted by molar-refractivity contribution is -0.0686. The molecule has 0 aromatic carbocycles. The second-order valence-electron chi connectivity index (χ2n) is 5.77. The van der Waals surface area contributed by atoms with Gasteiger partial charge in [0.05, 0.1) is 6.61 Å². The van der Waals surface area contributed by atoms with E-state index in [1.54, 1.807) is 0 Å². The van der Waals surface area contributed by atoms with Crippen molar-refractivity contribution in [3.05, 3.63) is 0 Å². The summed E-state index contributed by atoms with van der Waals surface area (Å²) in [7, 11) is 0. The number of ether oxygens (including phenoxy) is 1. The van der Waals surface area contributed by atoms with Crippen molar-refractivity contribution < 1.29 is 4.74 Å². The fraction of sp³-hybridized carbons (Fsp3) is 1.00. The molecule has 0 amide bonds. The lowest BCUT2D eigenvalue weighted by Gasteiger charge is -2.37. The van der Waals surface area contributed by atoms with Gasteiger partial charge in [-0.3, -0.25) is 5.32 Å². The lowest BCUT2D eigenvalue weighted by Crippen LogP contribution is -2.48. The smallest absolute Gasteiger partial charge is 0.108 e. The standard InChI is InChI=1S/C12H24N2O/c1-12(2)8-14-11(15-9-12)7-10-3-5-13-6-4-10/h10-11,13-14H,3-9H2,1-2H3. The summed E-state index contributed by atoms with van der Waals surface area (Å²) in [4.78, 5) is 0. The molecule has 1 atom stereocenters. The van der Waals surface area contributed by atoms with Crippen LogP contribution in [0.25, 0.3) is 0 Å². The van der Waals surface area contributed by atoms with Gasteiger partial charge >= 0.3 is 0 Å². The Hall–Kier alpha value is -0.120. The zero-order chi connectivity index (χ0) is 10.7. The van der Waals surface area contributed by atoms with E-state index in [4.69, 9.17) is 4.74 Å². The summed E-state index contributed by atoms with van der Waals surface area (Å²) < 4.78 is 5.86. The zero-order valence-corrected chi connectivity index (χ0v) is 10.0. The average Bonchev–Trinajstić information content (AvgIpc) is 2.23. The minimum Gasteiger partial charge on any atom is -0.363 e. The van der Waals surface area contributed by atoms with Crippen LogP contribution >= 0.6 is 0 Å². The summed E-state index contributed by atoms with van der Waals surface area (Å²) in [5.74, 6) is 0.852. The normalized spacial score (nSPS) is 32.8. The van der Waals surface area contributed by atoms with Gasteiger partial charge in [-0.15, -0.1) is 0 Å². The Morgan fingerprint density at radius 2 is 2.00 bits per heavy atom. The number of hydrogen-bond acceptors (Lipinski definition) is 3. The molecule has 2 rings (SSSR count). The van der Waals surface area contributed by atoms with E-state index in [0.29, 0.717) is 11.6 Å². The van der Waals surface area contributed by atoms with Gasteiger partial charge in [0, 0.05) is 12.0 Å². The van der Waals surface area contributed by atoms with Crippen LogP contribution < -0.4 is 10.6 Å². The summed E-state index contributed by atoms with van der Waals surface area (Å²) in [5, 5.41) is 6.92. The molecule has 0 aromatic rings. The first-order valence-electron chi connectivity index (χ1n) is 6.21. The highest BCUT2D eigenvalue weighted by molar-refractivity contribution is 4.79. The summed E-state index contributed by atoms with van der Waals surface area (Å²) >= 11 is 0. The van der Waals surface area contributed by atoms with Crippen LogP contribution in [0.2, 0.25) is 0 Å². The summed E-state index contributed by atoms with van der Waals surface area (Å²) in [6.45, 7) is 8.85. The average molecular weight is 212 g/mol. The quantitative estimate of drug-likeness (QED) is 0.725. The molecule has 0 spiro atoms. The first-order valence-corrected chi connectivity index (χ1v) is 6.21. The maximum absolute atomic E-state index is 5.86. The Labute approximate surface area is 93.0 Å². The second-order valence-corrected chi connectivity index (χ2v) is 5.77. The molecular formula is C12H24N2O. The summed E-state index contributed by atoms with van der Waals surface area (Å²) in [6, 6.07) is 0. The van der Waals surface area contributed by atoms with Crippen LogP contribution in [0.4, 0.5) is 0 Å². The van der Waals surface area contributed by atoms with E-state index in [0.717, 1.165) is 19.1 Å². The van der Waals surface area contributed by atoms with Crippen molar-refractivity contribution in [1.82, 2.24) is 10.6 Å². The van der Waals surface area contributed by atoms with Crippen molar-refractivity contribution in [3.63, 3.8) is 0 Å². The van der Waals surface area contributed by atoms with Gasteiger partial charge in [-0.2, -0.15) is 0 Å². The molecule has 2 N–H and O–H groups in total. The number of rotatable bonds is 2. The van der Waals surface area contributed by atoms with E-state index < -0.39 is 0 Å². The van der Waals surface area contributed by atoms with Crippen LogP contribution in [0.1, 0.15) is 33.1 Å². The molecule has 15 heavy (non-hydrogen) atoms. The van der Waals surface area contributed by atoms with Crippen molar-refractivity contribution >= 4 is 0 Å². The van der Waals surface area contributed by atoms with Gasteiger partial charge in [-0.1, -0.05) is 13.8 Å². The fourth-order valence-corrected chi connectivity index (χ4v) is 2.40. The van der Waals surface area contributed by atoms with E-state index in [9.17, 15) is 0 Å². The van der Waals surface area contributed by atoms with Crippen LogP contribution in [0, 0.1) is 11.3 Å². The van der Waals surface area contributed by atoms with E-state index in [1.165, 1.54) is 32.4 Å². The number of piperidine rings is 1. The molecule has 88 valence electrons. The van der Waals surface area contributed by atoms with Crippen LogP contribution in [0.3, 0.4) is 0 Å². The molecular weight excluding hydrogens is 188 g/mol. The lowest BCUT2D eigenvalue weighted by atomic mass is 9.90. The molecule has 1 unspecified atom stereocenters. The summed E-state index contributed by atoms with van der Waals surface area (Å²) in [6.07, 6.45) is 4.12. The van der Waals surface area contributed by atoms with Crippen LogP contribution in [-0.4, -0.2) is 32.5 Å². The summed E-state index contributed by atoms with van der Waals surface area (Å²) in [5.41, 5.74) is 0.310. The molecule has 2 aliphatic heterocycles. The minimum absolute atomic E-state index is 0.307. The van der Waals surface area contributed by atoms with Gasteiger partial charge in [0.15, 0.2) is 0 Å². The van der Waals surface area contributed by atoms with Crippen molar-refractivity contribution in [2.24, 2.45) is 11.3 Å². The van der Waals surface area contributed by atoms with Crippen LogP contribution in [-0.2, 0) is 4.74 Å². The molecule has 0 bridgehead atoms. The molecule has 3 heteroatoms. The van der Waals surface area contributed by atoms with E-state index >= 15 is 0 Å². The maximum Gasteiger partial charge on any atom is 0.108 e. The Bertz CT molecular complexity index is 190. The molecule has 0 saturated carbocycles. The van der Waals surface area contributed by atoms with Crippen molar-refractivity contribution in [1.29, 1.82) is 0 Å². The van der Waals surface area contributed by atoms with Crippen LogP contribution in [0.15, 0.2) is 0 Å². The Kier molecular flexibility index (Phi) is 3.65. The predicted octanol–water partition coefficient (Wildman–Crippen LogP) is 1.35. The van der Waals surface area contributed by atoms with E-state index in [-0.39, 0.29) is 0 Å². The monoisotopic (exact) mass is 212 g/mol. The molecule has 0 aromatic heterocycles. The van der Waals surface area contributed by atoms with E-state index in [1.807, 2.05) is 0 Å². The fourth-order valence-electron chi connectivity index (χ4n) is 2.40. The topological polar surface area (TPSA) is 33.3 Å². The third kappa shape index (κ3) is 3.44. The molecule has 0 radical (unpaired) electrons. The molecule has 3 nitrogen and oxygen atoms in total. The second kappa shape index (κ2) is 4.81. The molecule has 2 saturated heterocycles. The van der Waals surface area contributed by atoms with Gasteiger partial charge in [0.25, 0.3) is 0 Å². The minimum atomic E-state index is 0.307. The van der Waals surface area contributed by atoms with Gasteiger partial charge in [-0.25, -0.2) is 0 Å². The van der Waals surface area contributed by atoms with Crippen LogP contribution in [0.5, 0.6) is 0 Å². The van der Waals surface area contributed by atoms with Crippen molar-refractivity contribution in [2.45, 2.75) is 39.3 Å². The predicted molar refractivity (Wildman–Crippen MR) is 61.7 cm³/mol.